The lowest BCUT2D eigenvalue weighted by molar-refractivity contribution is 0.317. The maximum absolute atomic E-state index is 5.91. The first-order chi connectivity index (χ1) is 11.3. The lowest BCUT2D eigenvalue weighted by atomic mass is 10.1. The van der Waals surface area contributed by atoms with E-state index in [-0.39, 0.29) is 0 Å². The Balaban J connectivity index is 1.98. The maximum Gasteiger partial charge on any atom is 0.119 e. The summed E-state index contributed by atoms with van der Waals surface area (Å²) < 4.78 is 7.59. The van der Waals surface area contributed by atoms with Crippen LogP contribution in [0.3, 0.4) is 0 Å². The number of nitrogens with zero attached hydrogens (tertiary/aromatic N) is 2. The minimum atomic E-state index is 0.447. The summed E-state index contributed by atoms with van der Waals surface area (Å²) in [6.45, 7) is 3.26. The molecule has 0 amide bonds. The molecule has 4 heteroatoms. The summed E-state index contributed by atoms with van der Waals surface area (Å²) >= 11 is 0. The molecule has 1 aromatic heterocycles. The van der Waals surface area contributed by atoms with E-state index in [1.54, 1.807) is 0 Å². The van der Waals surface area contributed by atoms with E-state index >= 15 is 0 Å². The Bertz CT molecular complexity index is 765. The Hall–Kier alpha value is -2.59. The van der Waals surface area contributed by atoms with Crippen LogP contribution in [0, 0.1) is 0 Å². The van der Waals surface area contributed by atoms with E-state index in [4.69, 9.17) is 15.6 Å². The van der Waals surface area contributed by atoms with Gasteiger partial charge in [0, 0.05) is 23.9 Å². The molecule has 23 heavy (non-hydrogen) atoms. The fourth-order valence-electron chi connectivity index (χ4n) is 2.47. The third-order valence-electron chi connectivity index (χ3n) is 3.61. The Labute approximate surface area is 136 Å². The van der Waals surface area contributed by atoms with Crippen LogP contribution in [0.2, 0.25) is 0 Å². The van der Waals surface area contributed by atoms with Crippen molar-refractivity contribution in [3.63, 3.8) is 0 Å². The van der Waals surface area contributed by atoms with Crippen LogP contribution in [0.1, 0.15) is 18.9 Å². The topological polar surface area (TPSA) is 53.1 Å². The number of ether oxygens (including phenoxy) is 1. The minimum absolute atomic E-state index is 0.447. The van der Waals surface area contributed by atoms with E-state index in [0.29, 0.717) is 13.2 Å². The molecule has 0 radical (unpaired) electrons. The molecule has 0 unspecified atom stereocenters. The average molecular weight is 307 g/mol. The van der Waals surface area contributed by atoms with Crippen LogP contribution in [0.15, 0.2) is 60.8 Å². The van der Waals surface area contributed by atoms with Crippen LogP contribution in [0.5, 0.6) is 5.75 Å². The van der Waals surface area contributed by atoms with Gasteiger partial charge in [0.05, 0.1) is 18.0 Å². The molecular formula is C19H21N3O. The zero-order valence-corrected chi connectivity index (χ0v) is 13.3. The van der Waals surface area contributed by atoms with Gasteiger partial charge in [0.15, 0.2) is 0 Å². The number of hydrogen-bond donors (Lipinski definition) is 1. The molecule has 0 atom stereocenters. The lowest BCUT2D eigenvalue weighted by Gasteiger charge is -2.06. The standard InChI is InChI=1S/C19H21N3O/c1-2-11-23-18-10-6-7-15(12-18)19-16(13-20)14-22(21-19)17-8-4-3-5-9-17/h3-10,12,14H,2,11,13,20H2,1H3. The summed E-state index contributed by atoms with van der Waals surface area (Å²) in [5.74, 6) is 0.863. The third kappa shape index (κ3) is 3.43. The summed E-state index contributed by atoms with van der Waals surface area (Å²) in [4.78, 5) is 0. The molecule has 1 heterocycles. The minimum Gasteiger partial charge on any atom is -0.494 e. The quantitative estimate of drug-likeness (QED) is 0.754. The molecule has 0 saturated heterocycles. The smallest absolute Gasteiger partial charge is 0.119 e. The van der Waals surface area contributed by atoms with Gasteiger partial charge in [0.1, 0.15) is 5.75 Å². The molecular weight excluding hydrogens is 286 g/mol. The first-order valence-corrected chi connectivity index (χ1v) is 7.89. The number of para-hydroxylation sites is 1. The first-order valence-electron chi connectivity index (χ1n) is 7.89. The maximum atomic E-state index is 5.91. The van der Waals surface area contributed by atoms with Crippen LogP contribution in [0.4, 0.5) is 0 Å². The Morgan fingerprint density at radius 1 is 1.09 bits per heavy atom. The predicted molar refractivity (Wildman–Crippen MR) is 92.7 cm³/mol. The van der Waals surface area contributed by atoms with E-state index in [1.807, 2.05) is 65.5 Å². The van der Waals surface area contributed by atoms with E-state index < -0.39 is 0 Å². The van der Waals surface area contributed by atoms with E-state index in [2.05, 4.69) is 6.92 Å². The average Bonchev–Trinajstić information content (AvgIpc) is 3.05. The molecule has 3 aromatic rings. The van der Waals surface area contributed by atoms with Gasteiger partial charge in [0.2, 0.25) is 0 Å². The van der Waals surface area contributed by atoms with Crippen molar-refractivity contribution in [3.05, 3.63) is 66.4 Å². The van der Waals surface area contributed by atoms with Crippen molar-refractivity contribution in [2.75, 3.05) is 6.61 Å². The molecule has 0 fully saturated rings. The zero-order chi connectivity index (χ0) is 16.1. The number of rotatable bonds is 6. The van der Waals surface area contributed by atoms with Crippen molar-refractivity contribution in [1.82, 2.24) is 9.78 Å². The molecule has 0 saturated carbocycles. The molecule has 2 aromatic carbocycles. The number of nitrogens with two attached hydrogens (primary N) is 1. The summed E-state index contributed by atoms with van der Waals surface area (Å²) in [6.07, 6.45) is 2.98. The number of hydrogen-bond acceptors (Lipinski definition) is 3. The van der Waals surface area contributed by atoms with Gasteiger partial charge in [-0.3, -0.25) is 0 Å². The molecule has 3 rings (SSSR count). The molecule has 118 valence electrons. The SMILES string of the molecule is CCCOc1cccc(-c2nn(-c3ccccc3)cc2CN)c1. The molecule has 0 bridgehead atoms. The van der Waals surface area contributed by atoms with Crippen molar-refractivity contribution in [2.45, 2.75) is 19.9 Å². The van der Waals surface area contributed by atoms with Crippen molar-refractivity contribution in [1.29, 1.82) is 0 Å². The van der Waals surface area contributed by atoms with Crippen LogP contribution >= 0.6 is 0 Å². The molecule has 4 nitrogen and oxygen atoms in total. The van der Waals surface area contributed by atoms with E-state index in [9.17, 15) is 0 Å². The highest BCUT2D eigenvalue weighted by Gasteiger charge is 2.11. The summed E-state index contributed by atoms with van der Waals surface area (Å²) in [5.41, 5.74) is 9.87. The number of benzene rings is 2. The second kappa shape index (κ2) is 7.11. The molecule has 0 spiro atoms. The Kier molecular flexibility index (Phi) is 4.74. The van der Waals surface area contributed by atoms with Crippen molar-refractivity contribution < 1.29 is 4.74 Å². The number of aromatic nitrogens is 2. The van der Waals surface area contributed by atoms with Crippen molar-refractivity contribution in [3.8, 4) is 22.7 Å². The normalized spacial score (nSPS) is 10.7. The van der Waals surface area contributed by atoms with Gasteiger partial charge in [-0.25, -0.2) is 4.68 Å². The van der Waals surface area contributed by atoms with E-state index in [0.717, 1.165) is 34.7 Å². The second-order valence-corrected chi connectivity index (χ2v) is 5.36. The predicted octanol–water partition coefficient (Wildman–Crippen LogP) is 3.79. The van der Waals surface area contributed by atoms with Gasteiger partial charge in [0.25, 0.3) is 0 Å². The lowest BCUT2D eigenvalue weighted by Crippen LogP contribution is -1.97. The highest BCUT2D eigenvalue weighted by atomic mass is 16.5. The molecule has 0 aliphatic carbocycles. The second-order valence-electron chi connectivity index (χ2n) is 5.36. The van der Waals surface area contributed by atoms with Gasteiger partial charge < -0.3 is 10.5 Å². The van der Waals surface area contributed by atoms with Gasteiger partial charge in [-0.05, 0) is 30.7 Å². The summed E-state index contributed by atoms with van der Waals surface area (Å²) in [7, 11) is 0. The Morgan fingerprint density at radius 3 is 2.65 bits per heavy atom. The highest BCUT2D eigenvalue weighted by Crippen LogP contribution is 2.26. The van der Waals surface area contributed by atoms with Gasteiger partial charge in [-0.15, -0.1) is 0 Å². The first kappa shape index (κ1) is 15.3. The molecule has 0 aliphatic rings. The Morgan fingerprint density at radius 2 is 1.91 bits per heavy atom. The fraction of sp³-hybridized carbons (Fsp3) is 0.211. The van der Waals surface area contributed by atoms with Crippen molar-refractivity contribution in [2.24, 2.45) is 5.73 Å². The molecule has 0 aliphatic heterocycles. The van der Waals surface area contributed by atoms with Crippen molar-refractivity contribution >= 4 is 0 Å². The van der Waals surface area contributed by atoms with Crippen LogP contribution in [0.25, 0.3) is 16.9 Å². The van der Waals surface area contributed by atoms with E-state index in [1.165, 1.54) is 0 Å². The van der Waals surface area contributed by atoms with Gasteiger partial charge in [-0.1, -0.05) is 37.3 Å². The monoisotopic (exact) mass is 307 g/mol. The van der Waals surface area contributed by atoms with Crippen LogP contribution < -0.4 is 10.5 Å². The third-order valence-corrected chi connectivity index (χ3v) is 3.61. The van der Waals surface area contributed by atoms with Crippen LogP contribution in [-0.4, -0.2) is 16.4 Å². The largest absolute Gasteiger partial charge is 0.494 e. The van der Waals surface area contributed by atoms with Gasteiger partial charge >= 0.3 is 0 Å². The molecule has 2 N–H and O–H groups in total. The van der Waals surface area contributed by atoms with Gasteiger partial charge in [-0.2, -0.15) is 5.10 Å². The highest BCUT2D eigenvalue weighted by molar-refractivity contribution is 5.65. The zero-order valence-electron chi connectivity index (χ0n) is 13.3. The fourth-order valence-corrected chi connectivity index (χ4v) is 2.47. The summed E-state index contributed by atoms with van der Waals surface area (Å²) in [5, 5.41) is 4.72. The summed E-state index contributed by atoms with van der Waals surface area (Å²) in [6, 6.07) is 18.1. The van der Waals surface area contributed by atoms with Crippen LogP contribution in [-0.2, 0) is 6.54 Å².